The van der Waals surface area contributed by atoms with Crippen LogP contribution in [0.4, 0.5) is 5.82 Å². The maximum absolute atomic E-state index is 12.2. The van der Waals surface area contributed by atoms with Gasteiger partial charge in [0.2, 0.25) is 0 Å². The smallest absolute Gasteiger partial charge is 0.251 e. The maximum atomic E-state index is 12.2. The minimum absolute atomic E-state index is 0.00501. The van der Waals surface area contributed by atoms with Crippen LogP contribution in [0, 0.1) is 0 Å². The Labute approximate surface area is 176 Å². The normalized spacial score (nSPS) is 13.4. The van der Waals surface area contributed by atoms with Gasteiger partial charge >= 0.3 is 0 Å². The number of carbonyl (C=O) groups is 1. The van der Waals surface area contributed by atoms with Gasteiger partial charge < -0.3 is 10.2 Å². The molecule has 1 aromatic carbocycles. The highest BCUT2D eigenvalue weighted by atomic mass is 35.5. The highest BCUT2D eigenvalue weighted by Crippen LogP contribution is 2.25. The van der Waals surface area contributed by atoms with E-state index >= 15 is 0 Å². The van der Waals surface area contributed by atoms with Crippen LogP contribution in [0.25, 0.3) is 0 Å². The van der Waals surface area contributed by atoms with Gasteiger partial charge in [0, 0.05) is 36.5 Å². The van der Waals surface area contributed by atoms with Crippen LogP contribution in [0.1, 0.15) is 55.5 Å². The summed E-state index contributed by atoms with van der Waals surface area (Å²) in [6.07, 6.45) is 4.28. The van der Waals surface area contributed by atoms with Crippen molar-refractivity contribution in [2.75, 3.05) is 18.0 Å². The lowest BCUT2D eigenvalue weighted by atomic mass is 10.1. The van der Waals surface area contributed by atoms with Crippen LogP contribution in [-0.4, -0.2) is 35.0 Å². The lowest BCUT2D eigenvalue weighted by Crippen LogP contribution is -2.26. The number of hydrogen-bond acceptors (Lipinski definition) is 5. The average molecular weight is 419 g/mol. The molecule has 0 aliphatic heterocycles. The van der Waals surface area contributed by atoms with Gasteiger partial charge in [-0.15, -0.1) is 0 Å². The van der Waals surface area contributed by atoms with Crippen molar-refractivity contribution in [3.05, 3.63) is 46.6 Å². The van der Waals surface area contributed by atoms with Gasteiger partial charge in [0.1, 0.15) is 11.0 Å². The Morgan fingerprint density at radius 1 is 1.21 bits per heavy atom. The van der Waals surface area contributed by atoms with Crippen molar-refractivity contribution < 1.29 is 4.79 Å². The molecule has 1 aliphatic rings. The fraction of sp³-hybridized carbons (Fsp3) is 0.476. The molecule has 1 amide bonds. The third-order valence-corrected chi connectivity index (χ3v) is 5.55. The second-order valence-corrected chi connectivity index (χ2v) is 8.39. The van der Waals surface area contributed by atoms with Gasteiger partial charge in [-0.25, -0.2) is 9.97 Å². The minimum Gasteiger partial charge on any atom is -0.356 e. The third kappa shape index (κ3) is 6.11. The molecule has 150 valence electrons. The summed E-state index contributed by atoms with van der Waals surface area (Å²) >= 11 is 7.79. The zero-order chi connectivity index (χ0) is 19.9. The van der Waals surface area contributed by atoms with Gasteiger partial charge in [-0.1, -0.05) is 49.3 Å². The molecule has 7 heteroatoms. The highest BCUT2D eigenvalue weighted by Gasteiger charge is 2.23. The van der Waals surface area contributed by atoms with Gasteiger partial charge in [-0.3, -0.25) is 4.79 Å². The molecule has 1 heterocycles. The number of amides is 1. The zero-order valence-corrected chi connectivity index (χ0v) is 18.0. The third-order valence-electron chi connectivity index (χ3n) is 4.44. The van der Waals surface area contributed by atoms with E-state index in [-0.39, 0.29) is 5.91 Å². The predicted molar refractivity (Wildman–Crippen MR) is 116 cm³/mol. The molecule has 2 aromatic rings. The molecule has 0 unspecified atom stereocenters. The Balaban J connectivity index is 1.67. The van der Waals surface area contributed by atoms with Crippen LogP contribution in [0.5, 0.6) is 0 Å². The number of benzene rings is 1. The summed E-state index contributed by atoms with van der Waals surface area (Å²) in [4.78, 5) is 23.6. The predicted octanol–water partition coefficient (Wildman–Crippen LogP) is 4.94. The van der Waals surface area contributed by atoms with E-state index in [9.17, 15) is 4.79 Å². The quantitative estimate of drug-likeness (QED) is 0.336. The SMILES string of the molecule is CCCN(CCC)c1cc(Cl)nc(SCc2cccc(C(=O)NC3CC3)c2)n1. The van der Waals surface area contributed by atoms with E-state index in [0.717, 1.165) is 50.2 Å². The van der Waals surface area contributed by atoms with Crippen molar-refractivity contribution in [3.8, 4) is 0 Å². The van der Waals surface area contributed by atoms with Crippen LogP contribution in [0.15, 0.2) is 35.5 Å². The van der Waals surface area contributed by atoms with Gasteiger partial charge in [0.25, 0.3) is 5.91 Å². The van der Waals surface area contributed by atoms with Gasteiger partial charge in [-0.05, 0) is 43.4 Å². The van der Waals surface area contributed by atoms with Crippen molar-refractivity contribution in [1.82, 2.24) is 15.3 Å². The molecule has 0 saturated heterocycles. The Morgan fingerprint density at radius 3 is 2.64 bits per heavy atom. The second-order valence-electron chi connectivity index (χ2n) is 7.06. The lowest BCUT2D eigenvalue weighted by molar-refractivity contribution is 0.0951. The summed E-state index contributed by atoms with van der Waals surface area (Å²) in [7, 11) is 0. The number of carbonyl (C=O) groups excluding carboxylic acids is 1. The molecule has 0 radical (unpaired) electrons. The van der Waals surface area contributed by atoms with Crippen LogP contribution in [0.2, 0.25) is 5.15 Å². The van der Waals surface area contributed by atoms with E-state index in [2.05, 4.69) is 29.0 Å². The molecule has 1 saturated carbocycles. The Kier molecular flexibility index (Phi) is 7.57. The molecule has 1 N–H and O–H groups in total. The van der Waals surface area contributed by atoms with Crippen LogP contribution in [-0.2, 0) is 5.75 Å². The van der Waals surface area contributed by atoms with E-state index in [0.29, 0.717) is 27.7 Å². The average Bonchev–Trinajstić information content (AvgIpc) is 3.50. The molecule has 1 aliphatic carbocycles. The zero-order valence-electron chi connectivity index (χ0n) is 16.4. The maximum Gasteiger partial charge on any atom is 0.251 e. The number of aromatic nitrogens is 2. The van der Waals surface area contributed by atoms with Gasteiger partial charge in [0.05, 0.1) is 0 Å². The number of anilines is 1. The van der Waals surface area contributed by atoms with E-state index in [4.69, 9.17) is 16.6 Å². The van der Waals surface area contributed by atoms with Crippen molar-refractivity contribution in [2.45, 2.75) is 56.5 Å². The van der Waals surface area contributed by atoms with Crippen LogP contribution >= 0.6 is 23.4 Å². The minimum atomic E-state index is 0.00501. The number of nitrogens with zero attached hydrogens (tertiary/aromatic N) is 3. The fourth-order valence-electron chi connectivity index (χ4n) is 2.94. The van der Waals surface area contributed by atoms with Crippen LogP contribution in [0.3, 0.4) is 0 Å². The number of hydrogen-bond donors (Lipinski definition) is 1. The van der Waals surface area contributed by atoms with Crippen LogP contribution < -0.4 is 10.2 Å². The van der Waals surface area contributed by atoms with E-state index in [1.165, 1.54) is 11.8 Å². The first-order valence-corrected chi connectivity index (χ1v) is 11.3. The molecule has 0 spiro atoms. The van der Waals surface area contributed by atoms with Crippen molar-refractivity contribution >= 4 is 35.1 Å². The highest BCUT2D eigenvalue weighted by molar-refractivity contribution is 7.98. The van der Waals surface area contributed by atoms with Crippen molar-refractivity contribution in [2.24, 2.45) is 0 Å². The molecule has 28 heavy (non-hydrogen) atoms. The van der Waals surface area contributed by atoms with E-state index in [1.807, 2.05) is 30.3 Å². The molecule has 0 bridgehead atoms. The standard InChI is InChI=1S/C21H27ClN4OS/c1-3-10-26(11-4-2)19-13-18(22)24-21(25-19)28-14-15-6-5-7-16(12-15)20(27)23-17-8-9-17/h5-7,12-13,17H,3-4,8-11,14H2,1-2H3,(H,23,27). The summed E-state index contributed by atoms with van der Waals surface area (Å²) < 4.78 is 0. The van der Waals surface area contributed by atoms with Gasteiger partial charge in [0.15, 0.2) is 5.16 Å². The summed E-state index contributed by atoms with van der Waals surface area (Å²) in [6, 6.07) is 9.93. The molecule has 0 atom stereocenters. The number of rotatable bonds is 10. The number of nitrogens with one attached hydrogen (secondary N) is 1. The lowest BCUT2D eigenvalue weighted by Gasteiger charge is -2.22. The summed E-state index contributed by atoms with van der Waals surface area (Å²) in [5.41, 5.74) is 1.77. The van der Waals surface area contributed by atoms with E-state index in [1.54, 1.807) is 0 Å². The van der Waals surface area contributed by atoms with Crippen molar-refractivity contribution in [1.29, 1.82) is 0 Å². The molecule has 1 fully saturated rings. The topological polar surface area (TPSA) is 58.1 Å². The monoisotopic (exact) mass is 418 g/mol. The van der Waals surface area contributed by atoms with Gasteiger partial charge in [-0.2, -0.15) is 0 Å². The largest absolute Gasteiger partial charge is 0.356 e. The molecule has 1 aromatic heterocycles. The first-order valence-electron chi connectivity index (χ1n) is 9.91. The summed E-state index contributed by atoms with van der Waals surface area (Å²) in [6.45, 7) is 6.22. The Morgan fingerprint density at radius 2 is 1.96 bits per heavy atom. The first-order chi connectivity index (χ1) is 13.6. The fourth-order valence-corrected chi connectivity index (χ4v) is 3.96. The Bertz CT molecular complexity index is 807. The molecule has 3 rings (SSSR count). The number of halogens is 1. The molecular weight excluding hydrogens is 392 g/mol. The van der Waals surface area contributed by atoms with E-state index < -0.39 is 0 Å². The molecule has 5 nitrogen and oxygen atoms in total. The first kappa shape index (κ1) is 20.9. The van der Waals surface area contributed by atoms with Crippen molar-refractivity contribution in [3.63, 3.8) is 0 Å². The number of thioether (sulfide) groups is 1. The second kappa shape index (κ2) is 10.1. The summed E-state index contributed by atoms with van der Waals surface area (Å²) in [5, 5.41) is 4.15. The summed E-state index contributed by atoms with van der Waals surface area (Å²) in [5.74, 6) is 1.57. The Hall–Kier alpha value is -1.79. The molecular formula is C21H27ClN4OS.